The molecule has 1 heterocycles. The maximum Gasteiger partial charge on any atom is 0.427 e. The van der Waals surface area contributed by atoms with E-state index in [4.69, 9.17) is 11.1 Å². The van der Waals surface area contributed by atoms with Gasteiger partial charge in [-0.15, -0.1) is 11.1 Å². The van der Waals surface area contributed by atoms with Gasteiger partial charge in [0.15, 0.2) is 0 Å². The first-order valence-electron chi connectivity index (χ1n) is 7.92. The maximum atomic E-state index is 7.26. The molecule has 1 aliphatic heterocycles. The van der Waals surface area contributed by atoms with E-state index in [-0.39, 0.29) is 0 Å². The van der Waals surface area contributed by atoms with Gasteiger partial charge in [-0.2, -0.15) is 0 Å². The van der Waals surface area contributed by atoms with E-state index in [2.05, 4.69) is 72.9 Å². The summed E-state index contributed by atoms with van der Waals surface area (Å²) in [6.45, 7) is 14.9. The molecule has 0 saturated carbocycles. The number of halogens is 1. The quantitative estimate of drug-likeness (QED) is 0.499. The van der Waals surface area contributed by atoms with E-state index in [0.29, 0.717) is 5.92 Å². The van der Waals surface area contributed by atoms with Crippen LogP contribution in [0.1, 0.15) is 41.0 Å². The van der Waals surface area contributed by atoms with Crippen LogP contribution < -0.4 is 0 Å². The predicted octanol–water partition coefficient (Wildman–Crippen LogP) is 3.71. The Labute approximate surface area is 130 Å². The zero-order valence-corrected chi connectivity index (χ0v) is 15.4. The van der Waals surface area contributed by atoms with Gasteiger partial charge in [-0.25, -0.2) is 0 Å². The molecule has 0 bridgehead atoms. The summed E-state index contributed by atoms with van der Waals surface area (Å²) in [6, 6.07) is 0. The molecule has 1 aliphatic rings. The van der Waals surface area contributed by atoms with Gasteiger partial charge in [-0.1, -0.05) is 46.8 Å². The molecule has 0 N–H and O–H groups in total. The van der Waals surface area contributed by atoms with Crippen molar-refractivity contribution < 1.29 is 0 Å². The fourth-order valence-corrected chi connectivity index (χ4v) is 7.75. The van der Waals surface area contributed by atoms with Crippen molar-refractivity contribution in [3.8, 4) is 0 Å². The van der Waals surface area contributed by atoms with E-state index in [0.717, 1.165) is 32.6 Å². The molecule has 0 radical (unpaired) electrons. The van der Waals surface area contributed by atoms with E-state index in [1.54, 1.807) is 0 Å². The van der Waals surface area contributed by atoms with Gasteiger partial charge in [0.1, 0.15) is 0 Å². The lowest BCUT2D eigenvalue weighted by Gasteiger charge is -2.47. The lowest BCUT2D eigenvalue weighted by Crippen LogP contribution is -2.69. The molecular weight excluding hydrogens is 286 g/mol. The summed E-state index contributed by atoms with van der Waals surface area (Å²) < 4.78 is 7.14. The van der Waals surface area contributed by atoms with Crippen molar-refractivity contribution in [3.05, 3.63) is 24.6 Å². The summed E-state index contributed by atoms with van der Waals surface area (Å²) in [6.07, 6.45) is 10.1. The van der Waals surface area contributed by atoms with Crippen LogP contribution in [0.25, 0.3) is 0 Å². The summed E-state index contributed by atoms with van der Waals surface area (Å²) in [7, 11) is -2.35. The van der Waals surface area contributed by atoms with Crippen molar-refractivity contribution in [2.45, 2.75) is 41.0 Å². The van der Waals surface area contributed by atoms with E-state index in [1.165, 1.54) is 0 Å². The first kappa shape index (κ1) is 17.8. The van der Waals surface area contributed by atoms with Crippen molar-refractivity contribution >= 4 is 18.9 Å². The van der Waals surface area contributed by atoms with Gasteiger partial charge in [0.2, 0.25) is 0 Å². The minimum Gasteiger partial charge on any atom is -0.344 e. The van der Waals surface area contributed by atoms with Crippen LogP contribution in [-0.2, 0) is 0 Å². The second kappa shape index (κ2) is 8.22. The van der Waals surface area contributed by atoms with Crippen molar-refractivity contribution in [3.63, 3.8) is 0 Å². The summed E-state index contributed by atoms with van der Waals surface area (Å²) >= 11 is 7.26. The van der Waals surface area contributed by atoms with E-state index in [1.807, 2.05) is 0 Å². The van der Waals surface area contributed by atoms with Crippen LogP contribution >= 0.6 is 11.1 Å². The Hall–Kier alpha value is -0.293. The monoisotopic (exact) mass is 315 g/mol. The Kier molecular flexibility index (Phi) is 7.30. The molecule has 0 aromatic rings. The number of nitrogens with zero attached hydrogens (tertiary/aromatic N) is 3. The Morgan fingerprint density at radius 1 is 0.900 bits per heavy atom. The molecular formula is C15H30ClN3Si. The molecule has 0 fully saturated rings. The van der Waals surface area contributed by atoms with Crippen molar-refractivity contribution in [2.24, 2.45) is 5.92 Å². The van der Waals surface area contributed by atoms with Crippen molar-refractivity contribution in [1.82, 2.24) is 13.7 Å². The third-order valence-electron chi connectivity index (χ3n) is 4.12. The molecule has 116 valence electrons. The molecule has 0 aromatic heterocycles. The molecule has 0 amide bonds. The van der Waals surface area contributed by atoms with Crippen LogP contribution in [-0.4, -0.2) is 47.7 Å². The normalized spacial score (nSPS) is 16.7. The molecule has 0 aromatic carbocycles. The highest BCUT2D eigenvalue weighted by molar-refractivity contribution is 7.15. The third-order valence-corrected chi connectivity index (χ3v) is 9.97. The molecule has 20 heavy (non-hydrogen) atoms. The Morgan fingerprint density at radius 2 is 1.30 bits per heavy atom. The maximum absolute atomic E-state index is 7.26. The van der Waals surface area contributed by atoms with Crippen LogP contribution in [0.2, 0.25) is 0 Å². The fourth-order valence-electron chi connectivity index (χ4n) is 2.76. The molecule has 0 aliphatic carbocycles. The summed E-state index contributed by atoms with van der Waals surface area (Å²) in [4.78, 5) is 0. The lowest BCUT2D eigenvalue weighted by molar-refractivity contribution is 0.328. The van der Waals surface area contributed by atoms with Crippen molar-refractivity contribution in [2.75, 3.05) is 26.2 Å². The van der Waals surface area contributed by atoms with Gasteiger partial charge < -0.3 is 4.57 Å². The average Bonchev–Trinajstić information content (AvgIpc) is 2.49. The standard InChI is InChI=1S/C15H30ClN3Si/c1-6-15-11-13-19(14-12-15)20(16,17(7-2)8-3)18(9-4)10-5/h11-15H,6-10H2,1-5H3. The lowest BCUT2D eigenvalue weighted by atomic mass is 10.1. The molecule has 0 spiro atoms. The number of rotatable bonds is 8. The fraction of sp³-hybridized carbons (Fsp3) is 0.733. The number of allylic oxidation sites excluding steroid dienone is 2. The Balaban J connectivity index is 3.08. The summed E-state index contributed by atoms with van der Waals surface area (Å²) in [5, 5.41) is 0. The SMILES string of the molecule is CCC1C=CN([Si](Cl)(N(CC)CC)N(CC)CC)C=C1. The van der Waals surface area contributed by atoms with Gasteiger partial charge in [0.25, 0.3) is 0 Å². The van der Waals surface area contributed by atoms with Crippen LogP contribution in [0, 0.1) is 5.92 Å². The second-order valence-corrected chi connectivity index (χ2v) is 9.47. The minimum atomic E-state index is -2.35. The zero-order valence-electron chi connectivity index (χ0n) is 13.6. The number of hydrogen-bond acceptors (Lipinski definition) is 3. The van der Waals surface area contributed by atoms with E-state index < -0.39 is 7.87 Å². The molecule has 0 unspecified atom stereocenters. The third kappa shape index (κ3) is 3.48. The summed E-state index contributed by atoms with van der Waals surface area (Å²) in [5.74, 6) is 0.551. The van der Waals surface area contributed by atoms with Crippen LogP contribution in [0.3, 0.4) is 0 Å². The highest BCUT2D eigenvalue weighted by Crippen LogP contribution is 2.28. The Morgan fingerprint density at radius 3 is 1.60 bits per heavy atom. The highest BCUT2D eigenvalue weighted by atomic mass is 35.6. The van der Waals surface area contributed by atoms with Gasteiger partial charge in [-0.05, 0) is 50.9 Å². The smallest absolute Gasteiger partial charge is 0.344 e. The highest BCUT2D eigenvalue weighted by Gasteiger charge is 2.48. The van der Waals surface area contributed by atoms with E-state index >= 15 is 0 Å². The predicted molar refractivity (Wildman–Crippen MR) is 91.3 cm³/mol. The van der Waals surface area contributed by atoms with Crippen LogP contribution in [0.4, 0.5) is 0 Å². The average molecular weight is 316 g/mol. The molecule has 3 nitrogen and oxygen atoms in total. The second-order valence-electron chi connectivity index (χ2n) is 5.06. The van der Waals surface area contributed by atoms with Crippen LogP contribution in [0.15, 0.2) is 24.6 Å². The molecule has 5 heteroatoms. The summed E-state index contributed by atoms with van der Waals surface area (Å²) in [5.41, 5.74) is 0. The first-order valence-corrected chi connectivity index (χ1v) is 10.8. The Bertz CT molecular complexity index is 312. The van der Waals surface area contributed by atoms with Crippen molar-refractivity contribution in [1.29, 1.82) is 0 Å². The molecule has 0 saturated heterocycles. The van der Waals surface area contributed by atoms with Gasteiger partial charge in [-0.3, -0.25) is 9.13 Å². The zero-order chi connectivity index (χ0) is 15.2. The van der Waals surface area contributed by atoms with Crippen LogP contribution in [0.5, 0.6) is 0 Å². The topological polar surface area (TPSA) is 9.72 Å². The van der Waals surface area contributed by atoms with Gasteiger partial charge >= 0.3 is 7.87 Å². The largest absolute Gasteiger partial charge is 0.427 e. The molecule has 0 atom stereocenters. The first-order chi connectivity index (χ1) is 9.58. The number of hydrogen-bond donors (Lipinski definition) is 0. The van der Waals surface area contributed by atoms with Gasteiger partial charge in [0, 0.05) is 0 Å². The van der Waals surface area contributed by atoms with Gasteiger partial charge in [0.05, 0.1) is 0 Å². The molecule has 1 rings (SSSR count). The minimum absolute atomic E-state index is 0.551. The van der Waals surface area contributed by atoms with E-state index in [9.17, 15) is 0 Å².